The molecule has 3 heterocycles. The molecule has 0 aliphatic carbocycles. The lowest BCUT2D eigenvalue weighted by molar-refractivity contribution is -0.116. The number of carbonyl (C=O) groups is 1. The molecule has 0 saturated heterocycles. The Labute approximate surface area is 192 Å². The molecule has 1 amide bonds. The van der Waals surface area contributed by atoms with E-state index >= 15 is 0 Å². The Balaban J connectivity index is 1.21. The van der Waals surface area contributed by atoms with Crippen molar-refractivity contribution in [3.8, 4) is 11.3 Å². The van der Waals surface area contributed by atoms with Gasteiger partial charge in [-0.3, -0.25) is 4.79 Å². The van der Waals surface area contributed by atoms with Gasteiger partial charge in [0.25, 0.3) is 0 Å². The average molecular weight is 466 g/mol. The molecule has 0 bridgehead atoms. The van der Waals surface area contributed by atoms with E-state index in [1.807, 2.05) is 48.2 Å². The summed E-state index contributed by atoms with van der Waals surface area (Å²) < 4.78 is 0.778. The molecular formula is C22H19N5OS3. The summed E-state index contributed by atoms with van der Waals surface area (Å²) in [6, 6.07) is 16.1. The van der Waals surface area contributed by atoms with Crippen LogP contribution in [0.2, 0.25) is 0 Å². The number of hydrogen-bond donors (Lipinski definition) is 1. The number of carbonyl (C=O) groups excluding carboxylic acids is 1. The second-order valence-electron chi connectivity index (χ2n) is 7.04. The van der Waals surface area contributed by atoms with Crippen LogP contribution in [0.1, 0.15) is 10.6 Å². The van der Waals surface area contributed by atoms with Gasteiger partial charge in [0.05, 0.1) is 16.5 Å². The van der Waals surface area contributed by atoms with Crippen molar-refractivity contribution < 1.29 is 4.79 Å². The molecule has 1 N–H and O–H groups in total. The minimum Gasteiger partial charge on any atom is -0.330 e. The van der Waals surface area contributed by atoms with Crippen molar-refractivity contribution in [2.75, 3.05) is 22.5 Å². The Kier molecular flexibility index (Phi) is 5.71. The zero-order valence-electron chi connectivity index (χ0n) is 16.7. The number of anilines is 3. The van der Waals surface area contributed by atoms with E-state index < -0.39 is 0 Å². The summed E-state index contributed by atoms with van der Waals surface area (Å²) in [5.41, 5.74) is 5.28. The van der Waals surface area contributed by atoms with Crippen molar-refractivity contribution in [2.24, 2.45) is 0 Å². The average Bonchev–Trinajstić information content (AvgIpc) is 3.52. The topological polar surface area (TPSA) is 71.0 Å². The van der Waals surface area contributed by atoms with Crippen LogP contribution in [0.25, 0.3) is 11.3 Å². The number of fused-ring (bicyclic) bond motifs is 1. The van der Waals surface area contributed by atoms with E-state index in [9.17, 15) is 4.79 Å². The second kappa shape index (κ2) is 8.78. The molecule has 0 unspecified atom stereocenters. The number of hydrogen-bond acceptors (Lipinski definition) is 8. The number of benzene rings is 2. The van der Waals surface area contributed by atoms with Crippen molar-refractivity contribution in [3.05, 3.63) is 64.5 Å². The molecular weight excluding hydrogens is 446 g/mol. The number of thiazole rings is 1. The third-order valence-electron chi connectivity index (χ3n) is 4.94. The number of aromatic nitrogens is 3. The van der Waals surface area contributed by atoms with Gasteiger partial charge in [-0.15, -0.1) is 21.5 Å². The van der Waals surface area contributed by atoms with E-state index in [4.69, 9.17) is 0 Å². The van der Waals surface area contributed by atoms with E-state index in [1.54, 1.807) is 11.3 Å². The summed E-state index contributed by atoms with van der Waals surface area (Å²) in [6.45, 7) is 2.73. The largest absolute Gasteiger partial charge is 0.330 e. The Morgan fingerprint density at radius 1 is 1.19 bits per heavy atom. The third kappa shape index (κ3) is 4.48. The standard InChI is InChI=1S/C22H19N5OS3/c1-14-23-18(12-29-14)15-7-8-19-16(11-15)9-10-27(19)20(28)13-30-22-26-25-21(31-22)24-17-5-3-2-4-6-17/h2-8,11-12H,9-10,13H2,1H3,(H,24,25). The molecule has 0 spiro atoms. The van der Waals surface area contributed by atoms with E-state index in [-0.39, 0.29) is 5.91 Å². The fraction of sp³-hybridized carbons (Fsp3) is 0.182. The van der Waals surface area contributed by atoms with Crippen LogP contribution >= 0.6 is 34.4 Å². The molecule has 2 aromatic heterocycles. The maximum atomic E-state index is 12.9. The maximum Gasteiger partial charge on any atom is 0.237 e. The highest BCUT2D eigenvalue weighted by Gasteiger charge is 2.25. The van der Waals surface area contributed by atoms with Gasteiger partial charge in [-0.1, -0.05) is 47.4 Å². The molecule has 0 saturated carbocycles. The van der Waals surface area contributed by atoms with Gasteiger partial charge in [-0.2, -0.15) is 0 Å². The number of nitrogens with one attached hydrogen (secondary N) is 1. The molecule has 9 heteroatoms. The van der Waals surface area contributed by atoms with E-state index in [1.165, 1.54) is 28.7 Å². The molecule has 0 radical (unpaired) electrons. The summed E-state index contributed by atoms with van der Waals surface area (Å²) >= 11 is 4.53. The highest BCUT2D eigenvalue weighted by atomic mass is 32.2. The Bertz CT molecular complexity index is 1220. The van der Waals surface area contributed by atoms with Crippen molar-refractivity contribution in [1.29, 1.82) is 0 Å². The number of amides is 1. The summed E-state index contributed by atoms with van der Waals surface area (Å²) in [5.74, 6) is 0.431. The lowest BCUT2D eigenvalue weighted by atomic mass is 10.1. The van der Waals surface area contributed by atoms with Gasteiger partial charge < -0.3 is 10.2 Å². The first kappa shape index (κ1) is 20.2. The highest BCUT2D eigenvalue weighted by Crippen LogP contribution is 2.34. The Morgan fingerprint density at radius 2 is 2.06 bits per heavy atom. The van der Waals surface area contributed by atoms with Crippen molar-refractivity contribution >= 4 is 56.8 Å². The van der Waals surface area contributed by atoms with Gasteiger partial charge >= 0.3 is 0 Å². The van der Waals surface area contributed by atoms with Crippen LogP contribution in [0, 0.1) is 6.92 Å². The van der Waals surface area contributed by atoms with Crippen LogP contribution in [0.3, 0.4) is 0 Å². The monoisotopic (exact) mass is 465 g/mol. The van der Waals surface area contributed by atoms with Gasteiger partial charge in [0, 0.05) is 28.9 Å². The zero-order chi connectivity index (χ0) is 21.2. The van der Waals surface area contributed by atoms with Gasteiger partial charge in [-0.05, 0) is 43.2 Å². The molecule has 1 aliphatic rings. The van der Waals surface area contributed by atoms with Crippen molar-refractivity contribution in [2.45, 2.75) is 17.7 Å². The number of para-hydroxylation sites is 1. The number of rotatable bonds is 6. The Morgan fingerprint density at radius 3 is 2.87 bits per heavy atom. The third-order valence-corrected chi connectivity index (χ3v) is 7.67. The van der Waals surface area contributed by atoms with Gasteiger partial charge in [-0.25, -0.2) is 4.98 Å². The van der Waals surface area contributed by atoms with Crippen LogP contribution in [-0.2, 0) is 11.2 Å². The Hall–Kier alpha value is -2.75. The highest BCUT2D eigenvalue weighted by molar-refractivity contribution is 8.01. The molecule has 2 aromatic carbocycles. The van der Waals surface area contributed by atoms with Crippen LogP contribution in [0.15, 0.2) is 58.3 Å². The molecule has 31 heavy (non-hydrogen) atoms. The molecule has 0 atom stereocenters. The number of aryl methyl sites for hydroxylation is 1. The molecule has 0 fully saturated rings. The molecule has 4 aromatic rings. The summed E-state index contributed by atoms with van der Waals surface area (Å²) in [4.78, 5) is 19.3. The first-order chi connectivity index (χ1) is 15.2. The first-order valence-electron chi connectivity index (χ1n) is 9.80. The molecule has 6 nitrogen and oxygen atoms in total. The van der Waals surface area contributed by atoms with Crippen LogP contribution in [-0.4, -0.2) is 33.4 Å². The van der Waals surface area contributed by atoms with E-state index in [0.717, 1.165) is 43.5 Å². The van der Waals surface area contributed by atoms with Crippen LogP contribution < -0.4 is 10.2 Å². The zero-order valence-corrected chi connectivity index (χ0v) is 19.2. The van der Waals surface area contributed by atoms with Crippen molar-refractivity contribution in [3.63, 3.8) is 0 Å². The minimum atomic E-state index is 0.0915. The lowest BCUT2D eigenvalue weighted by Gasteiger charge is -2.17. The predicted molar refractivity (Wildman–Crippen MR) is 129 cm³/mol. The fourth-order valence-corrected chi connectivity index (χ4v) is 5.75. The van der Waals surface area contributed by atoms with E-state index in [2.05, 4.69) is 38.0 Å². The van der Waals surface area contributed by atoms with Gasteiger partial charge in [0.1, 0.15) is 0 Å². The quantitative estimate of drug-likeness (QED) is 0.385. The van der Waals surface area contributed by atoms with Crippen LogP contribution in [0.4, 0.5) is 16.5 Å². The summed E-state index contributed by atoms with van der Waals surface area (Å²) in [5, 5.41) is 15.5. The lowest BCUT2D eigenvalue weighted by Crippen LogP contribution is -2.30. The minimum absolute atomic E-state index is 0.0915. The summed E-state index contributed by atoms with van der Waals surface area (Å²) in [7, 11) is 0. The second-order valence-corrected chi connectivity index (χ2v) is 10.3. The normalized spacial score (nSPS) is 12.7. The SMILES string of the molecule is Cc1nc(-c2ccc3c(c2)CCN3C(=O)CSc2nnc(Nc3ccccc3)s2)cs1. The van der Waals surface area contributed by atoms with Gasteiger partial charge in [0.2, 0.25) is 11.0 Å². The predicted octanol–water partition coefficient (Wildman–Crippen LogP) is 5.40. The van der Waals surface area contributed by atoms with E-state index in [0.29, 0.717) is 12.3 Å². The maximum absolute atomic E-state index is 12.9. The first-order valence-corrected chi connectivity index (χ1v) is 12.5. The molecule has 156 valence electrons. The number of nitrogens with zero attached hydrogens (tertiary/aromatic N) is 4. The molecule has 5 rings (SSSR count). The summed E-state index contributed by atoms with van der Waals surface area (Å²) in [6.07, 6.45) is 0.868. The fourth-order valence-electron chi connectivity index (χ4n) is 3.48. The molecule has 1 aliphatic heterocycles. The number of thioether (sulfide) groups is 1. The van der Waals surface area contributed by atoms with Crippen LogP contribution in [0.5, 0.6) is 0 Å². The van der Waals surface area contributed by atoms with Crippen molar-refractivity contribution in [1.82, 2.24) is 15.2 Å². The smallest absolute Gasteiger partial charge is 0.237 e. The van der Waals surface area contributed by atoms with Gasteiger partial charge in [0.15, 0.2) is 4.34 Å².